The highest BCUT2D eigenvalue weighted by Gasteiger charge is 2.38. The van der Waals surface area contributed by atoms with E-state index in [1.165, 1.54) is 12.0 Å². The lowest BCUT2D eigenvalue weighted by Crippen LogP contribution is -2.33. The third-order valence-corrected chi connectivity index (χ3v) is 6.38. The van der Waals surface area contributed by atoms with Crippen LogP contribution in [0.2, 0.25) is 0 Å². The minimum absolute atomic E-state index is 0.144. The summed E-state index contributed by atoms with van der Waals surface area (Å²) in [4.78, 5) is 0. The van der Waals surface area contributed by atoms with Gasteiger partial charge < -0.3 is 14.2 Å². The van der Waals surface area contributed by atoms with Gasteiger partial charge in [-0.25, -0.2) is 8.42 Å². The van der Waals surface area contributed by atoms with Crippen molar-refractivity contribution in [2.24, 2.45) is 0 Å². The molecule has 29 heavy (non-hydrogen) atoms. The highest BCUT2D eigenvalue weighted by molar-refractivity contribution is 7.92. The molecule has 3 atom stereocenters. The Bertz CT molecular complexity index is 1000. The molecule has 2 aliphatic rings. The lowest BCUT2D eigenvalue weighted by Gasteiger charge is -2.41. The molecule has 0 amide bonds. The predicted molar refractivity (Wildman–Crippen MR) is 112 cm³/mol. The van der Waals surface area contributed by atoms with E-state index in [9.17, 15) is 8.42 Å². The molecule has 0 unspecified atom stereocenters. The summed E-state index contributed by atoms with van der Waals surface area (Å²) in [6, 6.07) is 11.5. The van der Waals surface area contributed by atoms with Crippen molar-refractivity contribution in [3.63, 3.8) is 0 Å². The topological polar surface area (TPSA) is 73.9 Å². The molecule has 7 heteroatoms. The van der Waals surface area contributed by atoms with Crippen LogP contribution in [0.1, 0.15) is 54.4 Å². The summed E-state index contributed by atoms with van der Waals surface area (Å²) >= 11 is 0. The van der Waals surface area contributed by atoms with Gasteiger partial charge in [0.25, 0.3) is 0 Å². The number of nitrogens with one attached hydrogen (secondary N) is 1. The van der Waals surface area contributed by atoms with Crippen LogP contribution in [0.3, 0.4) is 0 Å². The van der Waals surface area contributed by atoms with Crippen LogP contribution in [0.15, 0.2) is 36.4 Å². The van der Waals surface area contributed by atoms with E-state index in [2.05, 4.69) is 10.8 Å². The van der Waals surface area contributed by atoms with Gasteiger partial charge in [0, 0.05) is 11.6 Å². The van der Waals surface area contributed by atoms with Crippen molar-refractivity contribution < 1.29 is 22.6 Å². The molecule has 0 saturated heterocycles. The monoisotopic (exact) mass is 417 g/mol. The molecular formula is C22H27NO5S. The van der Waals surface area contributed by atoms with Crippen LogP contribution in [0.5, 0.6) is 11.5 Å². The van der Waals surface area contributed by atoms with Crippen LogP contribution in [0.25, 0.3) is 0 Å². The van der Waals surface area contributed by atoms with E-state index in [-0.39, 0.29) is 12.2 Å². The fourth-order valence-electron chi connectivity index (χ4n) is 4.56. The average Bonchev–Trinajstić information content (AvgIpc) is 2.71. The smallest absolute Gasteiger partial charge is 0.229 e. The largest absolute Gasteiger partial charge is 0.493 e. The van der Waals surface area contributed by atoms with Crippen molar-refractivity contribution >= 4 is 15.7 Å². The van der Waals surface area contributed by atoms with Gasteiger partial charge in [-0.05, 0) is 53.8 Å². The van der Waals surface area contributed by atoms with Crippen molar-refractivity contribution in [1.82, 2.24) is 0 Å². The minimum atomic E-state index is -3.35. The normalized spacial score (nSPS) is 23.6. The molecule has 4 rings (SSSR count). The molecule has 0 aromatic heterocycles. The van der Waals surface area contributed by atoms with Crippen LogP contribution in [-0.4, -0.2) is 35.0 Å². The van der Waals surface area contributed by atoms with Gasteiger partial charge in [-0.15, -0.1) is 0 Å². The maximum Gasteiger partial charge on any atom is 0.229 e. The summed E-state index contributed by atoms with van der Waals surface area (Å²) in [7, 11) is -0.0707. The molecule has 1 N–H and O–H groups in total. The number of anilines is 1. The van der Waals surface area contributed by atoms with Gasteiger partial charge in [-0.2, -0.15) is 0 Å². The van der Waals surface area contributed by atoms with Crippen molar-refractivity contribution in [3.8, 4) is 11.5 Å². The van der Waals surface area contributed by atoms with E-state index in [0.717, 1.165) is 42.4 Å². The van der Waals surface area contributed by atoms with Crippen molar-refractivity contribution in [3.05, 3.63) is 53.1 Å². The van der Waals surface area contributed by atoms with E-state index in [0.29, 0.717) is 17.4 Å². The summed E-state index contributed by atoms with van der Waals surface area (Å²) in [5.74, 6) is 1.73. The Morgan fingerprint density at radius 3 is 2.38 bits per heavy atom. The maximum absolute atomic E-state index is 11.7. The Kier molecular flexibility index (Phi) is 5.44. The Morgan fingerprint density at radius 2 is 1.69 bits per heavy atom. The highest BCUT2D eigenvalue weighted by Crippen LogP contribution is 2.49. The molecule has 2 aromatic rings. The number of ether oxygens (including phenoxy) is 3. The lowest BCUT2D eigenvalue weighted by molar-refractivity contribution is -0.0391. The quantitative estimate of drug-likeness (QED) is 0.788. The van der Waals surface area contributed by atoms with Gasteiger partial charge in [0.15, 0.2) is 11.5 Å². The van der Waals surface area contributed by atoms with Crippen LogP contribution in [0.4, 0.5) is 5.69 Å². The van der Waals surface area contributed by atoms with Crippen molar-refractivity contribution in [1.29, 1.82) is 0 Å². The predicted octanol–water partition coefficient (Wildman–Crippen LogP) is 4.22. The molecule has 1 heterocycles. The minimum Gasteiger partial charge on any atom is -0.493 e. The molecule has 1 aliphatic carbocycles. The summed E-state index contributed by atoms with van der Waals surface area (Å²) in [5.41, 5.74) is 3.74. The zero-order chi connectivity index (χ0) is 20.6. The van der Waals surface area contributed by atoms with Gasteiger partial charge in [-0.3, -0.25) is 4.72 Å². The molecule has 1 aliphatic heterocycles. The first-order chi connectivity index (χ1) is 13.9. The summed E-state index contributed by atoms with van der Waals surface area (Å²) in [6.07, 6.45) is 5.47. The zero-order valence-electron chi connectivity index (χ0n) is 17.0. The molecule has 1 fully saturated rings. The molecule has 1 saturated carbocycles. The van der Waals surface area contributed by atoms with Gasteiger partial charge >= 0.3 is 0 Å². The summed E-state index contributed by atoms with van der Waals surface area (Å²) in [6.45, 7) is 0. The lowest BCUT2D eigenvalue weighted by atomic mass is 9.76. The third-order valence-electron chi connectivity index (χ3n) is 5.78. The van der Waals surface area contributed by atoms with E-state index < -0.39 is 10.0 Å². The number of hydrogen-bond acceptors (Lipinski definition) is 5. The Morgan fingerprint density at radius 1 is 1.00 bits per heavy atom. The summed E-state index contributed by atoms with van der Waals surface area (Å²) in [5, 5.41) is 0. The first kappa shape index (κ1) is 20.0. The van der Waals surface area contributed by atoms with E-state index in [4.69, 9.17) is 14.2 Å². The maximum atomic E-state index is 11.7. The van der Waals surface area contributed by atoms with E-state index in [1.54, 1.807) is 20.3 Å². The van der Waals surface area contributed by atoms with Gasteiger partial charge in [0.2, 0.25) is 10.0 Å². The number of methoxy groups -OCH3 is 2. The zero-order valence-corrected chi connectivity index (χ0v) is 17.8. The standard InChI is InChI=1S/C22H27NO5S/c1-26-20-12-17-16-9-4-5-10-19(16)28-22(18(17)13-21(20)27-2)14-7-6-8-15(11-14)23-29(3,24)25/h6-8,11-13,16,19,22-23H,4-5,9-10H2,1-3H3/t16-,19+,22+/m0/s1. The van der Waals surface area contributed by atoms with E-state index in [1.807, 2.05) is 24.3 Å². The summed E-state index contributed by atoms with van der Waals surface area (Å²) < 4.78 is 43.5. The van der Waals surface area contributed by atoms with Crippen LogP contribution >= 0.6 is 0 Å². The number of benzene rings is 2. The number of fused-ring (bicyclic) bond motifs is 3. The molecule has 0 bridgehead atoms. The SMILES string of the molecule is COc1cc2c(cc1OC)[C@@H]1CCCC[C@H]1O[C@@H]2c1cccc(NS(C)(=O)=O)c1. The number of sulfonamides is 1. The molecule has 6 nitrogen and oxygen atoms in total. The molecular weight excluding hydrogens is 390 g/mol. The van der Waals surface area contributed by atoms with Gasteiger partial charge in [0.05, 0.1) is 26.6 Å². The third kappa shape index (κ3) is 4.07. The molecule has 0 radical (unpaired) electrons. The van der Waals surface area contributed by atoms with Crippen LogP contribution < -0.4 is 14.2 Å². The number of rotatable bonds is 5. The Hall–Kier alpha value is -2.25. The Labute approximate surface area is 172 Å². The fourth-order valence-corrected chi connectivity index (χ4v) is 5.11. The van der Waals surface area contributed by atoms with E-state index >= 15 is 0 Å². The highest BCUT2D eigenvalue weighted by atomic mass is 32.2. The Balaban J connectivity index is 1.81. The van der Waals surface area contributed by atoms with Gasteiger partial charge in [0.1, 0.15) is 6.10 Å². The average molecular weight is 418 g/mol. The fraction of sp³-hybridized carbons (Fsp3) is 0.455. The first-order valence-electron chi connectivity index (χ1n) is 9.88. The second-order valence-electron chi connectivity index (χ2n) is 7.78. The van der Waals surface area contributed by atoms with Crippen LogP contribution in [0, 0.1) is 0 Å². The molecule has 0 spiro atoms. The first-order valence-corrected chi connectivity index (χ1v) is 11.8. The van der Waals surface area contributed by atoms with Crippen LogP contribution in [-0.2, 0) is 14.8 Å². The van der Waals surface area contributed by atoms with Gasteiger partial charge in [-0.1, -0.05) is 25.0 Å². The second kappa shape index (κ2) is 7.88. The van der Waals surface area contributed by atoms with Crippen molar-refractivity contribution in [2.75, 3.05) is 25.2 Å². The van der Waals surface area contributed by atoms with Crippen molar-refractivity contribution in [2.45, 2.75) is 43.8 Å². The second-order valence-corrected chi connectivity index (χ2v) is 9.53. The molecule has 2 aromatic carbocycles. The molecule has 156 valence electrons. The number of hydrogen-bond donors (Lipinski definition) is 1.